The van der Waals surface area contributed by atoms with Crippen LogP contribution in [0.2, 0.25) is 0 Å². The predicted octanol–water partition coefficient (Wildman–Crippen LogP) is 8.12. The Morgan fingerprint density at radius 1 is 0.750 bits per heavy atom. The molecule has 3 atom stereocenters. The molecular formula is C27H40S. The van der Waals surface area contributed by atoms with Gasteiger partial charge in [-0.15, -0.1) is 0 Å². The minimum Gasteiger partial charge on any atom is -0.162 e. The van der Waals surface area contributed by atoms with E-state index >= 15 is 0 Å². The fraction of sp³-hybridized carbons (Fsp3) is 0.556. The first-order valence-electron chi connectivity index (χ1n) is 10.9. The van der Waals surface area contributed by atoms with Crippen LogP contribution in [0.3, 0.4) is 0 Å². The van der Waals surface area contributed by atoms with Gasteiger partial charge in [-0.3, -0.25) is 0 Å². The van der Waals surface area contributed by atoms with Crippen molar-refractivity contribution in [2.75, 3.05) is 6.26 Å². The van der Waals surface area contributed by atoms with E-state index in [9.17, 15) is 0 Å². The molecule has 0 aromatic heterocycles. The average molecular weight is 397 g/mol. The summed E-state index contributed by atoms with van der Waals surface area (Å²) in [7, 11) is 0. The van der Waals surface area contributed by atoms with Gasteiger partial charge in [0.1, 0.15) is 0 Å². The monoisotopic (exact) mass is 396 g/mol. The van der Waals surface area contributed by atoms with Gasteiger partial charge >= 0.3 is 0 Å². The van der Waals surface area contributed by atoms with E-state index in [4.69, 9.17) is 0 Å². The molecule has 0 saturated heterocycles. The van der Waals surface area contributed by atoms with E-state index in [0.29, 0.717) is 11.8 Å². The average Bonchev–Trinajstić information content (AvgIpc) is 2.72. The van der Waals surface area contributed by atoms with Crippen LogP contribution in [0, 0.1) is 11.8 Å². The summed E-state index contributed by atoms with van der Waals surface area (Å²) in [5.41, 5.74) is 3.27. The van der Waals surface area contributed by atoms with Crippen molar-refractivity contribution >= 4 is 11.8 Å². The summed E-state index contributed by atoms with van der Waals surface area (Å²) < 4.78 is 0. The van der Waals surface area contributed by atoms with Gasteiger partial charge < -0.3 is 0 Å². The zero-order valence-corrected chi connectivity index (χ0v) is 19.9. The van der Waals surface area contributed by atoms with Gasteiger partial charge in [0.15, 0.2) is 0 Å². The van der Waals surface area contributed by atoms with Crippen molar-refractivity contribution in [2.24, 2.45) is 11.8 Å². The number of hydrogen-bond acceptors (Lipinski definition) is 1. The largest absolute Gasteiger partial charge is 0.162 e. The van der Waals surface area contributed by atoms with Crippen molar-refractivity contribution in [1.82, 2.24) is 0 Å². The van der Waals surface area contributed by atoms with Crippen molar-refractivity contribution < 1.29 is 0 Å². The molecule has 0 nitrogen and oxygen atoms in total. The minimum absolute atomic E-state index is 0.172. The van der Waals surface area contributed by atoms with Gasteiger partial charge in [0.25, 0.3) is 0 Å². The van der Waals surface area contributed by atoms with Crippen molar-refractivity contribution in [3.8, 4) is 0 Å². The molecule has 0 aliphatic heterocycles. The molecule has 1 heteroatoms. The molecule has 0 bridgehead atoms. The van der Waals surface area contributed by atoms with Crippen LogP contribution in [-0.4, -0.2) is 11.5 Å². The van der Waals surface area contributed by atoms with E-state index in [1.54, 1.807) is 0 Å². The Morgan fingerprint density at radius 3 is 1.64 bits per heavy atom. The molecule has 0 N–H and O–H groups in total. The molecule has 28 heavy (non-hydrogen) atoms. The second kappa shape index (κ2) is 10.0. The summed E-state index contributed by atoms with van der Waals surface area (Å²) in [5.74, 6) is 1.27. The highest BCUT2D eigenvalue weighted by Gasteiger charge is 2.37. The van der Waals surface area contributed by atoms with E-state index in [0.717, 1.165) is 5.25 Å². The van der Waals surface area contributed by atoms with E-state index in [1.165, 1.54) is 30.4 Å². The lowest BCUT2D eigenvalue weighted by atomic mass is 9.63. The molecule has 0 heterocycles. The van der Waals surface area contributed by atoms with Gasteiger partial charge in [-0.05, 0) is 59.3 Å². The highest BCUT2D eigenvalue weighted by molar-refractivity contribution is 7.99. The maximum Gasteiger partial charge on any atom is 0.00446 e. The van der Waals surface area contributed by atoms with Gasteiger partial charge in [-0.25, -0.2) is 0 Å². The Balaban J connectivity index is 2.31. The molecule has 2 aromatic carbocycles. The molecule has 0 aliphatic rings. The standard InChI is InChI=1S/C27H40S/c1-8-25(28-7)20-24(27(5,6)23-17-13-10-14-18-23)19-21(2)26(3,4)22-15-11-9-12-16-22/h9-18,21,24-25H,8,19-20H2,1-7H3. The lowest BCUT2D eigenvalue weighted by molar-refractivity contribution is 0.199. The second-order valence-corrected chi connectivity index (χ2v) is 10.6. The topological polar surface area (TPSA) is 0 Å². The van der Waals surface area contributed by atoms with Crippen molar-refractivity contribution in [2.45, 2.75) is 76.9 Å². The third-order valence-corrected chi connectivity index (χ3v) is 8.45. The first kappa shape index (κ1) is 23.1. The maximum absolute atomic E-state index is 2.46. The first-order chi connectivity index (χ1) is 13.2. The summed E-state index contributed by atoms with van der Waals surface area (Å²) in [6.45, 7) is 14.6. The number of hydrogen-bond donors (Lipinski definition) is 0. The van der Waals surface area contributed by atoms with Crippen molar-refractivity contribution in [3.63, 3.8) is 0 Å². The summed E-state index contributed by atoms with van der Waals surface area (Å²) in [5, 5.41) is 0.736. The SMILES string of the molecule is CCC(CC(CC(C)C(C)(C)c1ccccc1)C(C)(C)c1ccccc1)SC. The zero-order valence-electron chi connectivity index (χ0n) is 19.0. The Bertz CT molecular complexity index is 683. The quantitative estimate of drug-likeness (QED) is 0.391. The first-order valence-corrected chi connectivity index (χ1v) is 12.2. The predicted molar refractivity (Wildman–Crippen MR) is 128 cm³/mol. The van der Waals surface area contributed by atoms with Crippen LogP contribution >= 0.6 is 11.8 Å². The van der Waals surface area contributed by atoms with Crippen LogP contribution in [0.1, 0.15) is 71.9 Å². The fourth-order valence-corrected chi connectivity index (χ4v) is 5.17. The van der Waals surface area contributed by atoms with Gasteiger partial charge in [-0.1, -0.05) is 102 Å². The molecule has 0 saturated carbocycles. The van der Waals surface area contributed by atoms with Gasteiger partial charge in [-0.2, -0.15) is 11.8 Å². The number of benzene rings is 2. The highest BCUT2D eigenvalue weighted by Crippen LogP contribution is 2.44. The third-order valence-electron chi connectivity index (χ3n) is 7.26. The number of thioether (sulfide) groups is 1. The van der Waals surface area contributed by atoms with Crippen LogP contribution in [0.4, 0.5) is 0 Å². The van der Waals surface area contributed by atoms with Gasteiger partial charge in [0.2, 0.25) is 0 Å². The molecule has 0 radical (unpaired) electrons. The molecular weight excluding hydrogens is 356 g/mol. The molecule has 154 valence electrons. The molecule has 2 aromatic rings. The van der Waals surface area contributed by atoms with Crippen LogP contribution in [0.15, 0.2) is 60.7 Å². The Labute approximate surface area is 178 Å². The van der Waals surface area contributed by atoms with E-state index in [1.807, 2.05) is 11.8 Å². The van der Waals surface area contributed by atoms with E-state index in [2.05, 4.69) is 108 Å². The van der Waals surface area contributed by atoms with Crippen molar-refractivity contribution in [1.29, 1.82) is 0 Å². The fourth-order valence-electron chi connectivity index (χ4n) is 4.41. The molecule has 0 fully saturated rings. The Hall–Kier alpha value is -1.21. The van der Waals surface area contributed by atoms with Crippen molar-refractivity contribution in [3.05, 3.63) is 71.8 Å². The van der Waals surface area contributed by atoms with Crippen LogP contribution < -0.4 is 0 Å². The molecule has 0 spiro atoms. The third kappa shape index (κ3) is 5.44. The maximum atomic E-state index is 2.46. The van der Waals surface area contributed by atoms with Gasteiger partial charge in [0, 0.05) is 5.25 Å². The lowest BCUT2D eigenvalue weighted by Gasteiger charge is -2.42. The molecule has 3 unspecified atom stereocenters. The Kier molecular flexibility index (Phi) is 8.25. The Morgan fingerprint density at radius 2 is 1.21 bits per heavy atom. The molecule has 2 rings (SSSR count). The highest BCUT2D eigenvalue weighted by atomic mass is 32.2. The van der Waals surface area contributed by atoms with E-state index < -0.39 is 0 Å². The smallest absolute Gasteiger partial charge is 0.00446 e. The minimum atomic E-state index is 0.172. The summed E-state index contributed by atoms with van der Waals surface area (Å²) in [6.07, 6.45) is 6.06. The summed E-state index contributed by atoms with van der Waals surface area (Å²) in [6, 6.07) is 22.2. The van der Waals surface area contributed by atoms with Crippen LogP contribution in [0.25, 0.3) is 0 Å². The summed E-state index contributed by atoms with van der Waals surface area (Å²) >= 11 is 2.04. The zero-order chi connectivity index (χ0) is 20.8. The summed E-state index contributed by atoms with van der Waals surface area (Å²) in [4.78, 5) is 0. The number of rotatable bonds is 10. The van der Waals surface area contributed by atoms with Crippen LogP contribution in [-0.2, 0) is 10.8 Å². The van der Waals surface area contributed by atoms with E-state index in [-0.39, 0.29) is 10.8 Å². The molecule has 0 aliphatic carbocycles. The second-order valence-electron chi connectivity index (χ2n) is 9.51. The van der Waals surface area contributed by atoms with Crippen LogP contribution in [0.5, 0.6) is 0 Å². The molecule has 0 amide bonds. The lowest BCUT2D eigenvalue weighted by Crippen LogP contribution is -2.36. The van der Waals surface area contributed by atoms with Gasteiger partial charge in [0.05, 0.1) is 0 Å². The normalized spacial score (nSPS) is 15.8.